The molecule has 0 aliphatic carbocycles. The van der Waals surface area contributed by atoms with Gasteiger partial charge in [0.25, 0.3) is 10.0 Å². The maximum absolute atomic E-state index is 12.9. The van der Waals surface area contributed by atoms with E-state index in [1.807, 2.05) is 6.92 Å². The van der Waals surface area contributed by atoms with E-state index in [9.17, 15) is 8.42 Å². The third-order valence-electron chi connectivity index (χ3n) is 4.63. The molecule has 4 rings (SSSR count). The van der Waals surface area contributed by atoms with Crippen molar-refractivity contribution in [2.24, 2.45) is 0 Å². The van der Waals surface area contributed by atoms with Crippen LogP contribution in [0.25, 0.3) is 22.4 Å². The van der Waals surface area contributed by atoms with Gasteiger partial charge >= 0.3 is 0 Å². The van der Waals surface area contributed by atoms with Crippen molar-refractivity contribution in [2.45, 2.75) is 11.8 Å². The fourth-order valence-electron chi connectivity index (χ4n) is 3.00. The summed E-state index contributed by atoms with van der Waals surface area (Å²) in [6.45, 7) is 1.90. The van der Waals surface area contributed by atoms with Gasteiger partial charge in [0.1, 0.15) is 4.90 Å². The Morgan fingerprint density at radius 1 is 1.06 bits per heavy atom. The average Bonchev–Trinajstić information content (AvgIpc) is 3.13. The van der Waals surface area contributed by atoms with Crippen LogP contribution in [-0.4, -0.2) is 42.8 Å². The zero-order valence-corrected chi connectivity index (χ0v) is 19.2. The van der Waals surface area contributed by atoms with Crippen molar-refractivity contribution in [3.8, 4) is 22.9 Å². The lowest BCUT2D eigenvalue weighted by Crippen LogP contribution is -2.14. The average molecular weight is 504 g/mol. The third-order valence-corrected chi connectivity index (χ3v) is 6.96. The third kappa shape index (κ3) is 4.06. The smallest absolute Gasteiger partial charge is 0.263 e. The molecule has 4 aromatic rings. The monoisotopic (exact) mass is 503 g/mol. The van der Waals surface area contributed by atoms with Crippen molar-refractivity contribution in [1.29, 1.82) is 0 Å². The second-order valence-corrected chi connectivity index (χ2v) is 9.11. The molecule has 2 aromatic carbocycles. The molecule has 9 nitrogen and oxygen atoms in total. The number of hydrogen-bond acceptors (Lipinski definition) is 7. The molecule has 160 valence electrons. The molecule has 0 aliphatic heterocycles. The standard InChI is InChI=1S/C20H18BrN5O4S/c1-11-14-10-22-19(23-20(14)25-24-11)12-4-6-13(7-5-12)26-31(27,28)18-9-17(30-3)16(29-2)8-15(18)21/h4-10,26H,1-3H3,(H,22,23,24,25). The lowest BCUT2D eigenvalue weighted by Gasteiger charge is -2.13. The highest BCUT2D eigenvalue weighted by atomic mass is 79.9. The summed E-state index contributed by atoms with van der Waals surface area (Å²) in [5.41, 5.74) is 2.60. The number of aryl methyl sites for hydroxylation is 1. The molecule has 0 spiro atoms. The number of aromatic nitrogens is 4. The van der Waals surface area contributed by atoms with Crippen molar-refractivity contribution < 1.29 is 17.9 Å². The first-order chi connectivity index (χ1) is 14.8. The number of halogens is 1. The van der Waals surface area contributed by atoms with E-state index >= 15 is 0 Å². The molecule has 2 aromatic heterocycles. The molecular weight excluding hydrogens is 486 g/mol. The van der Waals surface area contributed by atoms with E-state index in [1.165, 1.54) is 20.3 Å². The first-order valence-electron chi connectivity index (χ1n) is 9.05. The summed E-state index contributed by atoms with van der Waals surface area (Å²) >= 11 is 3.28. The van der Waals surface area contributed by atoms with Gasteiger partial charge in [0.05, 0.1) is 19.6 Å². The van der Waals surface area contributed by atoms with Gasteiger partial charge in [-0.15, -0.1) is 0 Å². The number of anilines is 1. The van der Waals surface area contributed by atoms with E-state index in [0.717, 1.165) is 16.6 Å². The van der Waals surface area contributed by atoms with Crippen LogP contribution < -0.4 is 14.2 Å². The Kier molecular flexibility index (Phi) is 5.54. The number of methoxy groups -OCH3 is 2. The van der Waals surface area contributed by atoms with Crippen molar-refractivity contribution in [2.75, 3.05) is 18.9 Å². The fourth-order valence-corrected chi connectivity index (χ4v) is 5.09. The highest BCUT2D eigenvalue weighted by Crippen LogP contribution is 2.36. The molecular formula is C20H18BrN5O4S. The first-order valence-corrected chi connectivity index (χ1v) is 11.3. The zero-order valence-electron chi connectivity index (χ0n) is 16.8. The number of hydrogen-bond donors (Lipinski definition) is 2. The second-order valence-electron chi connectivity index (χ2n) is 6.60. The van der Waals surface area contributed by atoms with Crippen molar-refractivity contribution >= 4 is 42.7 Å². The molecule has 0 bridgehead atoms. The molecule has 2 N–H and O–H groups in total. The highest BCUT2D eigenvalue weighted by Gasteiger charge is 2.21. The number of nitrogens with one attached hydrogen (secondary N) is 2. The fraction of sp³-hybridized carbons (Fsp3) is 0.150. The summed E-state index contributed by atoms with van der Waals surface area (Å²) < 4.78 is 39.2. The molecule has 0 radical (unpaired) electrons. The largest absolute Gasteiger partial charge is 0.493 e. The van der Waals surface area contributed by atoms with Gasteiger partial charge in [0.15, 0.2) is 23.0 Å². The molecule has 2 heterocycles. The summed E-state index contributed by atoms with van der Waals surface area (Å²) in [7, 11) is -0.961. The van der Waals surface area contributed by atoms with Crippen molar-refractivity contribution in [3.63, 3.8) is 0 Å². The van der Waals surface area contributed by atoms with E-state index < -0.39 is 10.0 Å². The maximum atomic E-state index is 12.9. The summed E-state index contributed by atoms with van der Waals surface area (Å²) in [6.07, 6.45) is 1.71. The zero-order chi connectivity index (χ0) is 22.2. The molecule has 0 aliphatic rings. The number of ether oxygens (including phenoxy) is 2. The Morgan fingerprint density at radius 2 is 1.74 bits per heavy atom. The maximum Gasteiger partial charge on any atom is 0.263 e. The van der Waals surface area contributed by atoms with Gasteiger partial charge in [-0.3, -0.25) is 9.82 Å². The number of sulfonamides is 1. The number of H-pyrrole nitrogens is 1. The van der Waals surface area contributed by atoms with E-state index in [0.29, 0.717) is 33.1 Å². The normalized spacial score (nSPS) is 11.5. The molecule has 0 atom stereocenters. The van der Waals surface area contributed by atoms with Gasteiger partial charge in [0.2, 0.25) is 0 Å². The van der Waals surface area contributed by atoms with Crippen LogP contribution in [0.15, 0.2) is 52.0 Å². The van der Waals surface area contributed by atoms with E-state index in [2.05, 4.69) is 40.8 Å². The van der Waals surface area contributed by atoms with Gasteiger partial charge in [-0.25, -0.2) is 18.4 Å². The summed E-state index contributed by atoms with van der Waals surface area (Å²) in [6, 6.07) is 9.70. The number of fused-ring (bicyclic) bond motifs is 1. The number of aromatic amines is 1. The van der Waals surface area contributed by atoms with E-state index in [-0.39, 0.29) is 4.90 Å². The second kappa shape index (κ2) is 8.16. The predicted molar refractivity (Wildman–Crippen MR) is 120 cm³/mol. The molecule has 0 saturated heterocycles. The molecule has 31 heavy (non-hydrogen) atoms. The topological polar surface area (TPSA) is 119 Å². The molecule has 0 amide bonds. The lowest BCUT2D eigenvalue weighted by molar-refractivity contribution is 0.353. The van der Waals surface area contributed by atoms with Crippen LogP contribution in [0.3, 0.4) is 0 Å². The van der Waals surface area contributed by atoms with Crippen LogP contribution in [0.4, 0.5) is 5.69 Å². The van der Waals surface area contributed by atoms with Crippen molar-refractivity contribution in [1.82, 2.24) is 20.2 Å². The first kappa shape index (κ1) is 21.1. The molecule has 11 heteroatoms. The van der Waals surface area contributed by atoms with Crippen LogP contribution in [0, 0.1) is 6.92 Å². The minimum absolute atomic E-state index is 0.0249. The van der Waals surface area contributed by atoms with Crippen LogP contribution in [0.1, 0.15) is 5.69 Å². The number of rotatable bonds is 6. The predicted octanol–water partition coefficient (Wildman–Crippen LogP) is 3.91. The Morgan fingerprint density at radius 3 is 2.42 bits per heavy atom. The van der Waals surface area contributed by atoms with Gasteiger partial charge in [-0.1, -0.05) is 0 Å². The van der Waals surface area contributed by atoms with Crippen LogP contribution >= 0.6 is 15.9 Å². The number of benzene rings is 2. The van der Waals surface area contributed by atoms with Crippen LogP contribution in [-0.2, 0) is 10.0 Å². The lowest BCUT2D eigenvalue weighted by atomic mass is 10.2. The van der Waals surface area contributed by atoms with E-state index in [4.69, 9.17) is 9.47 Å². The minimum atomic E-state index is -3.88. The van der Waals surface area contributed by atoms with Gasteiger partial charge in [-0.05, 0) is 53.2 Å². The van der Waals surface area contributed by atoms with Gasteiger partial charge < -0.3 is 9.47 Å². The van der Waals surface area contributed by atoms with E-state index in [1.54, 1.807) is 36.5 Å². The van der Waals surface area contributed by atoms with Gasteiger partial charge in [0, 0.05) is 33.7 Å². The Balaban J connectivity index is 1.61. The Hall–Kier alpha value is -3.18. The van der Waals surface area contributed by atoms with Gasteiger partial charge in [-0.2, -0.15) is 5.10 Å². The van der Waals surface area contributed by atoms with Crippen molar-refractivity contribution in [3.05, 3.63) is 52.8 Å². The highest BCUT2D eigenvalue weighted by molar-refractivity contribution is 9.10. The summed E-state index contributed by atoms with van der Waals surface area (Å²) in [5.74, 6) is 1.22. The number of nitrogens with zero attached hydrogens (tertiary/aromatic N) is 3. The summed E-state index contributed by atoms with van der Waals surface area (Å²) in [4.78, 5) is 8.83. The minimum Gasteiger partial charge on any atom is -0.493 e. The SMILES string of the molecule is COc1cc(Br)c(S(=O)(=O)Nc2ccc(-c3ncc4c(C)[nH]nc4n3)cc2)cc1OC. The Labute approximate surface area is 187 Å². The molecule has 0 fully saturated rings. The Bertz CT molecular complexity index is 1370. The van der Waals surface area contributed by atoms with Crippen LogP contribution in [0.5, 0.6) is 11.5 Å². The molecule has 0 unspecified atom stereocenters. The summed E-state index contributed by atoms with van der Waals surface area (Å²) in [5, 5.41) is 7.88. The molecule has 0 saturated carbocycles. The van der Waals surface area contributed by atoms with Crippen LogP contribution in [0.2, 0.25) is 0 Å². The quantitative estimate of drug-likeness (QED) is 0.409.